The number of nitrogens with zero attached hydrogens (tertiary/aromatic N) is 4. The Labute approximate surface area is 203 Å². The molecule has 1 aliphatic rings. The van der Waals surface area contributed by atoms with Crippen LogP contribution in [0.4, 0.5) is 5.69 Å². The molecule has 0 atom stereocenters. The van der Waals surface area contributed by atoms with Crippen LogP contribution in [0.3, 0.4) is 0 Å². The van der Waals surface area contributed by atoms with E-state index in [4.69, 9.17) is 9.47 Å². The first-order chi connectivity index (χ1) is 16.9. The summed E-state index contributed by atoms with van der Waals surface area (Å²) in [7, 11) is 1.49. The summed E-state index contributed by atoms with van der Waals surface area (Å²) in [6, 6.07) is 15.2. The van der Waals surface area contributed by atoms with E-state index in [-0.39, 0.29) is 17.7 Å². The SMILES string of the molecule is COc1cc(C=C2C(=O)NN(c3ccccc3)C2=O)ccc1OCc1cc(=O)n2nc(C)sc2n1. The van der Waals surface area contributed by atoms with Gasteiger partial charge in [-0.3, -0.25) is 19.8 Å². The highest BCUT2D eigenvalue weighted by molar-refractivity contribution is 7.16. The molecule has 2 amide bonds. The highest BCUT2D eigenvalue weighted by Gasteiger charge is 2.34. The molecule has 1 saturated heterocycles. The molecule has 1 fully saturated rings. The van der Waals surface area contributed by atoms with Gasteiger partial charge >= 0.3 is 0 Å². The number of aryl methyl sites for hydroxylation is 1. The Balaban J connectivity index is 1.36. The van der Waals surface area contributed by atoms with Crippen molar-refractivity contribution in [3.05, 3.63) is 86.8 Å². The van der Waals surface area contributed by atoms with Crippen molar-refractivity contribution in [3.8, 4) is 11.5 Å². The molecule has 2 aromatic carbocycles. The van der Waals surface area contributed by atoms with Crippen LogP contribution in [0.1, 0.15) is 16.3 Å². The van der Waals surface area contributed by atoms with E-state index in [9.17, 15) is 14.4 Å². The summed E-state index contributed by atoms with van der Waals surface area (Å²) >= 11 is 1.32. The van der Waals surface area contributed by atoms with Crippen LogP contribution in [0.25, 0.3) is 11.0 Å². The summed E-state index contributed by atoms with van der Waals surface area (Å²) in [4.78, 5) is 42.4. The largest absolute Gasteiger partial charge is 0.493 e. The number of aromatic nitrogens is 3. The molecular formula is C24H19N5O5S. The molecule has 0 bridgehead atoms. The number of carbonyl (C=O) groups excluding carboxylic acids is 2. The van der Waals surface area contributed by atoms with Crippen LogP contribution in [0.5, 0.6) is 11.5 Å². The first-order valence-electron chi connectivity index (χ1n) is 10.5. The molecule has 5 rings (SSSR count). The highest BCUT2D eigenvalue weighted by Crippen LogP contribution is 2.30. The number of amides is 2. The Morgan fingerprint density at radius 3 is 2.63 bits per heavy atom. The number of nitrogens with one attached hydrogen (secondary N) is 1. The maximum atomic E-state index is 12.8. The van der Waals surface area contributed by atoms with E-state index < -0.39 is 11.8 Å². The van der Waals surface area contributed by atoms with Crippen LogP contribution >= 0.6 is 11.3 Å². The van der Waals surface area contributed by atoms with Gasteiger partial charge in [0.15, 0.2) is 11.5 Å². The van der Waals surface area contributed by atoms with Crippen molar-refractivity contribution in [1.29, 1.82) is 0 Å². The highest BCUT2D eigenvalue weighted by atomic mass is 32.1. The zero-order valence-corrected chi connectivity index (χ0v) is 19.5. The molecule has 0 unspecified atom stereocenters. The van der Waals surface area contributed by atoms with Crippen molar-refractivity contribution < 1.29 is 19.1 Å². The van der Waals surface area contributed by atoms with Crippen LogP contribution in [0.15, 0.2) is 65.0 Å². The predicted molar refractivity (Wildman–Crippen MR) is 129 cm³/mol. The van der Waals surface area contributed by atoms with E-state index in [2.05, 4.69) is 15.5 Å². The van der Waals surface area contributed by atoms with Gasteiger partial charge in [-0.05, 0) is 42.8 Å². The summed E-state index contributed by atoms with van der Waals surface area (Å²) < 4.78 is 12.5. The summed E-state index contributed by atoms with van der Waals surface area (Å²) in [6.45, 7) is 1.85. The summed E-state index contributed by atoms with van der Waals surface area (Å²) in [6.07, 6.45) is 1.50. The average molecular weight is 490 g/mol. The minimum Gasteiger partial charge on any atom is -0.493 e. The fraction of sp³-hybridized carbons (Fsp3) is 0.125. The Hall–Kier alpha value is -4.51. The maximum Gasteiger partial charge on any atom is 0.282 e. The third-order valence-corrected chi connectivity index (χ3v) is 6.00. The van der Waals surface area contributed by atoms with Crippen molar-refractivity contribution in [2.75, 3.05) is 12.1 Å². The van der Waals surface area contributed by atoms with E-state index in [0.717, 1.165) is 5.01 Å². The van der Waals surface area contributed by atoms with Crippen LogP contribution in [-0.2, 0) is 16.2 Å². The minimum atomic E-state index is -0.496. The molecule has 1 N–H and O–H groups in total. The van der Waals surface area contributed by atoms with Crippen molar-refractivity contribution in [3.63, 3.8) is 0 Å². The molecule has 4 aromatic rings. The first-order valence-corrected chi connectivity index (χ1v) is 11.3. The predicted octanol–water partition coefficient (Wildman–Crippen LogP) is 2.51. The van der Waals surface area contributed by atoms with Crippen LogP contribution in [0.2, 0.25) is 0 Å². The molecule has 35 heavy (non-hydrogen) atoms. The Kier molecular flexibility index (Phi) is 5.75. The molecule has 3 heterocycles. The Morgan fingerprint density at radius 2 is 1.86 bits per heavy atom. The van der Waals surface area contributed by atoms with Crippen LogP contribution in [-0.4, -0.2) is 33.5 Å². The normalized spacial score (nSPS) is 14.6. The van der Waals surface area contributed by atoms with Crippen LogP contribution < -0.4 is 25.5 Å². The molecular weight excluding hydrogens is 470 g/mol. The Bertz CT molecular complexity index is 1540. The number of methoxy groups -OCH3 is 1. The lowest BCUT2D eigenvalue weighted by atomic mass is 10.1. The van der Waals surface area contributed by atoms with E-state index in [1.165, 1.54) is 40.1 Å². The van der Waals surface area contributed by atoms with E-state index in [1.807, 2.05) is 6.07 Å². The molecule has 176 valence electrons. The van der Waals surface area contributed by atoms with Gasteiger partial charge in [-0.2, -0.15) is 9.61 Å². The second-order valence-corrected chi connectivity index (χ2v) is 8.74. The van der Waals surface area contributed by atoms with Gasteiger partial charge in [0, 0.05) is 6.07 Å². The number of carbonyl (C=O) groups is 2. The summed E-state index contributed by atoms with van der Waals surface area (Å²) in [5, 5.41) is 6.07. The number of hydrogen-bond donors (Lipinski definition) is 1. The van der Waals surface area contributed by atoms with Gasteiger partial charge in [0.25, 0.3) is 17.4 Å². The minimum absolute atomic E-state index is 0.00223. The molecule has 10 nitrogen and oxygen atoms in total. The lowest BCUT2D eigenvalue weighted by Gasteiger charge is -2.14. The molecule has 0 radical (unpaired) electrons. The van der Waals surface area contributed by atoms with Crippen molar-refractivity contribution in [2.45, 2.75) is 13.5 Å². The zero-order chi connectivity index (χ0) is 24.5. The van der Waals surface area contributed by atoms with Gasteiger partial charge in [-0.1, -0.05) is 35.6 Å². The maximum absolute atomic E-state index is 12.8. The van der Waals surface area contributed by atoms with Gasteiger partial charge in [0.05, 0.1) is 18.5 Å². The quantitative estimate of drug-likeness (QED) is 0.327. The lowest BCUT2D eigenvalue weighted by molar-refractivity contribution is -0.117. The molecule has 0 spiro atoms. The number of fused-ring (bicyclic) bond motifs is 1. The van der Waals surface area contributed by atoms with Crippen molar-refractivity contribution in [1.82, 2.24) is 20.0 Å². The lowest BCUT2D eigenvalue weighted by Crippen LogP contribution is -2.35. The average Bonchev–Trinajstić information content (AvgIpc) is 3.38. The van der Waals surface area contributed by atoms with E-state index in [1.54, 1.807) is 49.4 Å². The number of anilines is 1. The van der Waals surface area contributed by atoms with Gasteiger partial charge in [-0.25, -0.2) is 9.99 Å². The zero-order valence-electron chi connectivity index (χ0n) is 18.7. The number of rotatable bonds is 6. The number of benzene rings is 2. The summed E-state index contributed by atoms with van der Waals surface area (Å²) in [5.74, 6) is -0.127. The van der Waals surface area contributed by atoms with Gasteiger partial charge in [0.2, 0.25) is 4.96 Å². The first kappa shape index (κ1) is 22.3. The fourth-order valence-corrected chi connectivity index (χ4v) is 4.32. The second kappa shape index (κ2) is 9.03. The number of hydrazine groups is 1. The third kappa shape index (κ3) is 4.36. The van der Waals surface area contributed by atoms with Gasteiger partial charge in [0.1, 0.15) is 17.2 Å². The standard InChI is InChI=1S/C24H19N5O5S/c1-14-26-29-21(30)12-16(25-24(29)35-14)13-34-19-9-8-15(11-20(19)33-2)10-18-22(31)27-28(23(18)32)17-6-4-3-5-7-17/h3-12H,13H2,1-2H3,(H,27,31). The van der Waals surface area contributed by atoms with Crippen molar-refractivity contribution >= 4 is 39.9 Å². The molecule has 1 aliphatic heterocycles. The van der Waals surface area contributed by atoms with E-state index >= 15 is 0 Å². The van der Waals surface area contributed by atoms with Gasteiger partial charge in [-0.15, -0.1) is 0 Å². The molecule has 0 saturated carbocycles. The second-order valence-electron chi connectivity index (χ2n) is 7.58. The third-order valence-electron chi connectivity index (χ3n) is 5.18. The smallest absolute Gasteiger partial charge is 0.282 e. The summed E-state index contributed by atoms with van der Waals surface area (Å²) in [5.41, 5.74) is 3.90. The van der Waals surface area contributed by atoms with Crippen molar-refractivity contribution in [2.24, 2.45) is 0 Å². The van der Waals surface area contributed by atoms with E-state index in [0.29, 0.717) is 33.4 Å². The van der Waals surface area contributed by atoms with Crippen LogP contribution in [0, 0.1) is 6.92 Å². The number of para-hydroxylation sites is 1. The van der Waals surface area contributed by atoms with Gasteiger partial charge < -0.3 is 9.47 Å². The fourth-order valence-electron chi connectivity index (χ4n) is 3.55. The number of hydrogen-bond acceptors (Lipinski definition) is 8. The number of ether oxygens (including phenoxy) is 2. The topological polar surface area (TPSA) is 115 Å². The molecule has 11 heteroatoms. The molecule has 0 aliphatic carbocycles. The Morgan fingerprint density at radius 1 is 1.06 bits per heavy atom. The monoisotopic (exact) mass is 489 g/mol. The molecule has 2 aromatic heterocycles.